The van der Waals surface area contributed by atoms with Crippen LogP contribution in [0.5, 0.6) is 0 Å². The molecular formula is C28H28N4OS. The Labute approximate surface area is 205 Å². The molecule has 2 heterocycles. The smallest absolute Gasteiger partial charge is 0.203 e. The molecule has 4 aromatic rings. The highest BCUT2D eigenvalue weighted by Gasteiger charge is 2.26. The van der Waals surface area contributed by atoms with Gasteiger partial charge in [-0.15, -0.1) is 0 Å². The van der Waals surface area contributed by atoms with Gasteiger partial charge in [-0.3, -0.25) is 14.3 Å². The van der Waals surface area contributed by atoms with Gasteiger partial charge in [0.1, 0.15) is 5.82 Å². The van der Waals surface area contributed by atoms with E-state index in [-0.39, 0.29) is 11.7 Å². The van der Waals surface area contributed by atoms with Gasteiger partial charge in [-0.05, 0) is 42.8 Å². The van der Waals surface area contributed by atoms with Crippen molar-refractivity contribution in [1.29, 1.82) is 0 Å². The van der Waals surface area contributed by atoms with Crippen LogP contribution in [0.15, 0.2) is 91.0 Å². The topological polar surface area (TPSA) is 43.1 Å². The van der Waals surface area contributed by atoms with Gasteiger partial charge in [0.2, 0.25) is 4.77 Å². The molecule has 0 amide bonds. The lowest BCUT2D eigenvalue weighted by molar-refractivity contribution is 0.0803. The van der Waals surface area contributed by atoms with Crippen LogP contribution in [0.4, 0.5) is 0 Å². The Balaban J connectivity index is 1.33. The van der Waals surface area contributed by atoms with E-state index >= 15 is 0 Å². The number of piperidine rings is 1. The number of carbonyl (C=O) groups is 1. The molecule has 34 heavy (non-hydrogen) atoms. The second-order valence-corrected chi connectivity index (χ2v) is 9.16. The van der Waals surface area contributed by atoms with E-state index in [0.717, 1.165) is 43.0 Å². The number of ketones is 1. The van der Waals surface area contributed by atoms with Gasteiger partial charge >= 0.3 is 0 Å². The molecule has 5 rings (SSSR count). The largest absolute Gasteiger partial charge is 0.294 e. The standard InChI is InChI=1S/C28H28N4OS/c33-27(23-12-6-2-7-13-23)24-16-18-30(19-17-24)21-31-28(34)32(25-14-8-3-9-15-25)26(29-31)20-22-10-4-1-5-11-22/h1-15,24H,16-21H2. The van der Waals surface area contributed by atoms with Crippen molar-refractivity contribution < 1.29 is 4.79 Å². The predicted molar refractivity (Wildman–Crippen MR) is 137 cm³/mol. The summed E-state index contributed by atoms with van der Waals surface area (Å²) in [7, 11) is 0. The van der Waals surface area contributed by atoms with Crippen molar-refractivity contribution in [1.82, 2.24) is 19.2 Å². The molecule has 1 aliphatic rings. The number of benzene rings is 3. The van der Waals surface area contributed by atoms with Crippen molar-refractivity contribution in [2.24, 2.45) is 5.92 Å². The molecule has 0 atom stereocenters. The SMILES string of the molecule is O=C(c1ccccc1)C1CCN(Cn2nc(Cc3ccccc3)n(-c3ccccc3)c2=S)CC1. The second kappa shape index (κ2) is 10.3. The summed E-state index contributed by atoms with van der Waals surface area (Å²) in [5.41, 5.74) is 3.04. The monoisotopic (exact) mass is 468 g/mol. The van der Waals surface area contributed by atoms with Crippen molar-refractivity contribution in [3.8, 4) is 5.69 Å². The molecule has 1 aromatic heterocycles. The fourth-order valence-electron chi connectivity index (χ4n) is 4.64. The van der Waals surface area contributed by atoms with Crippen LogP contribution in [0, 0.1) is 10.7 Å². The quantitative estimate of drug-likeness (QED) is 0.264. The zero-order valence-electron chi connectivity index (χ0n) is 19.1. The van der Waals surface area contributed by atoms with Crippen molar-refractivity contribution >= 4 is 18.0 Å². The van der Waals surface area contributed by atoms with Crippen LogP contribution < -0.4 is 0 Å². The Kier molecular flexibility index (Phi) is 6.79. The van der Waals surface area contributed by atoms with Crippen molar-refractivity contribution in [2.75, 3.05) is 13.1 Å². The molecule has 0 aliphatic carbocycles. The molecule has 3 aromatic carbocycles. The Morgan fingerprint density at radius 1 is 0.853 bits per heavy atom. The van der Waals surface area contributed by atoms with E-state index in [0.29, 0.717) is 17.9 Å². The highest BCUT2D eigenvalue weighted by Crippen LogP contribution is 2.23. The summed E-state index contributed by atoms with van der Waals surface area (Å²) in [6, 6.07) is 30.2. The summed E-state index contributed by atoms with van der Waals surface area (Å²) < 4.78 is 4.70. The van der Waals surface area contributed by atoms with E-state index in [1.54, 1.807) is 0 Å². The van der Waals surface area contributed by atoms with Gasteiger partial charge in [-0.2, -0.15) is 5.10 Å². The molecule has 0 unspecified atom stereocenters. The van der Waals surface area contributed by atoms with Crippen molar-refractivity contribution in [3.63, 3.8) is 0 Å². The molecule has 1 fully saturated rings. The number of carbonyl (C=O) groups excluding carboxylic acids is 1. The van der Waals surface area contributed by atoms with Crippen LogP contribution in [-0.4, -0.2) is 38.1 Å². The van der Waals surface area contributed by atoms with Crippen LogP contribution in [0.1, 0.15) is 34.6 Å². The third-order valence-corrected chi connectivity index (χ3v) is 6.87. The Morgan fingerprint density at radius 3 is 2.09 bits per heavy atom. The number of hydrogen-bond donors (Lipinski definition) is 0. The van der Waals surface area contributed by atoms with Gasteiger partial charge in [-0.25, -0.2) is 4.68 Å². The lowest BCUT2D eigenvalue weighted by Crippen LogP contribution is -2.37. The average Bonchev–Trinajstić information content (AvgIpc) is 3.19. The summed E-state index contributed by atoms with van der Waals surface area (Å²) in [5, 5.41) is 4.94. The second-order valence-electron chi connectivity index (χ2n) is 8.80. The fraction of sp³-hybridized carbons (Fsp3) is 0.250. The van der Waals surface area contributed by atoms with E-state index in [2.05, 4.69) is 45.9 Å². The van der Waals surface area contributed by atoms with Crippen LogP contribution in [0.2, 0.25) is 0 Å². The van der Waals surface area contributed by atoms with E-state index in [1.165, 1.54) is 5.56 Å². The lowest BCUT2D eigenvalue weighted by Gasteiger charge is -2.30. The van der Waals surface area contributed by atoms with Crippen LogP contribution in [-0.2, 0) is 13.1 Å². The minimum absolute atomic E-state index is 0.0853. The molecule has 1 saturated heterocycles. The highest BCUT2D eigenvalue weighted by molar-refractivity contribution is 7.71. The number of para-hydroxylation sites is 1. The van der Waals surface area contributed by atoms with Crippen molar-refractivity contribution in [2.45, 2.75) is 25.9 Å². The molecule has 1 aliphatic heterocycles. The number of nitrogens with zero attached hydrogens (tertiary/aromatic N) is 4. The summed E-state index contributed by atoms with van der Waals surface area (Å²) in [4.78, 5) is 15.2. The third-order valence-electron chi connectivity index (χ3n) is 6.48. The first-order chi connectivity index (χ1) is 16.7. The maximum Gasteiger partial charge on any atom is 0.203 e. The van der Waals surface area contributed by atoms with Crippen LogP contribution in [0.25, 0.3) is 5.69 Å². The van der Waals surface area contributed by atoms with Crippen LogP contribution in [0.3, 0.4) is 0 Å². The maximum absolute atomic E-state index is 12.8. The highest BCUT2D eigenvalue weighted by atomic mass is 32.1. The van der Waals surface area contributed by atoms with Crippen molar-refractivity contribution in [3.05, 3.63) is 113 Å². The number of likely N-dealkylation sites (tertiary alicyclic amines) is 1. The summed E-state index contributed by atoms with van der Waals surface area (Å²) in [6.45, 7) is 2.35. The zero-order valence-corrected chi connectivity index (χ0v) is 19.9. The van der Waals surface area contributed by atoms with Gasteiger partial charge in [0.05, 0.1) is 6.67 Å². The van der Waals surface area contributed by atoms with Gasteiger partial charge in [0, 0.05) is 36.7 Å². The minimum Gasteiger partial charge on any atom is -0.294 e. The van der Waals surface area contributed by atoms with Gasteiger partial charge < -0.3 is 0 Å². The first-order valence-corrected chi connectivity index (χ1v) is 12.2. The van der Waals surface area contributed by atoms with Gasteiger partial charge in [0.15, 0.2) is 5.78 Å². The normalized spacial score (nSPS) is 14.8. The van der Waals surface area contributed by atoms with Crippen LogP contribution >= 0.6 is 12.2 Å². The van der Waals surface area contributed by atoms with E-state index < -0.39 is 0 Å². The lowest BCUT2D eigenvalue weighted by atomic mass is 9.89. The Bertz CT molecular complexity index is 1290. The molecule has 0 bridgehead atoms. The average molecular weight is 469 g/mol. The van der Waals surface area contributed by atoms with E-state index in [9.17, 15) is 4.79 Å². The predicted octanol–water partition coefficient (Wildman–Crippen LogP) is 5.55. The zero-order chi connectivity index (χ0) is 23.3. The molecule has 172 valence electrons. The van der Waals surface area contributed by atoms with E-state index in [4.69, 9.17) is 17.3 Å². The first kappa shape index (κ1) is 22.4. The summed E-state index contributed by atoms with van der Waals surface area (Å²) in [6.07, 6.45) is 2.43. The van der Waals surface area contributed by atoms with E-state index in [1.807, 2.05) is 59.3 Å². The molecule has 0 N–H and O–H groups in total. The number of hydrogen-bond acceptors (Lipinski definition) is 4. The number of rotatable bonds is 7. The number of aromatic nitrogens is 3. The Hall–Kier alpha value is -3.35. The summed E-state index contributed by atoms with van der Waals surface area (Å²) in [5.74, 6) is 1.27. The molecule has 5 nitrogen and oxygen atoms in total. The minimum atomic E-state index is 0.0853. The molecule has 0 spiro atoms. The molecule has 0 saturated carbocycles. The molecule has 6 heteroatoms. The molecule has 0 radical (unpaired) electrons. The first-order valence-electron chi connectivity index (χ1n) is 11.8. The maximum atomic E-state index is 12.8. The van der Waals surface area contributed by atoms with Gasteiger partial charge in [-0.1, -0.05) is 78.9 Å². The van der Waals surface area contributed by atoms with Gasteiger partial charge in [0.25, 0.3) is 0 Å². The molecular weight excluding hydrogens is 440 g/mol. The Morgan fingerprint density at radius 2 is 1.44 bits per heavy atom. The number of Topliss-reactive ketones (excluding diaryl/α,β-unsaturated/α-hetero) is 1. The fourth-order valence-corrected chi connectivity index (χ4v) is 4.95. The summed E-state index contributed by atoms with van der Waals surface area (Å²) >= 11 is 5.89. The third kappa shape index (κ3) is 4.93.